The number of unbranched alkanes of at least 4 members (excludes halogenated alkanes) is 9. The molecule has 4 amide bonds. The van der Waals surface area contributed by atoms with Gasteiger partial charge in [-0.15, -0.1) is 0 Å². The molecule has 0 fully saturated rings. The average molecular weight is 977 g/mol. The highest BCUT2D eigenvalue weighted by molar-refractivity contribution is 7.99. The third-order valence-electron chi connectivity index (χ3n) is 10.4. The Morgan fingerprint density at radius 3 is 1.61 bits per heavy atom. The lowest BCUT2D eigenvalue weighted by Crippen LogP contribution is -2.41. The smallest absolute Gasteiger partial charge is 0.326 e. The first kappa shape index (κ1) is 63.0. The van der Waals surface area contributed by atoms with E-state index in [9.17, 15) is 53.4 Å². The normalized spacial score (nSPS) is 12.4. The summed E-state index contributed by atoms with van der Waals surface area (Å²) in [5.41, 5.74) is 0. The van der Waals surface area contributed by atoms with Crippen molar-refractivity contribution >= 4 is 64.7 Å². The lowest BCUT2D eigenvalue weighted by molar-refractivity contribution is -0.142. The van der Waals surface area contributed by atoms with Crippen molar-refractivity contribution in [3.63, 3.8) is 0 Å². The van der Waals surface area contributed by atoms with Crippen molar-refractivity contribution in [1.29, 1.82) is 0 Å². The summed E-state index contributed by atoms with van der Waals surface area (Å²) in [5, 5.41) is 38.0. The number of amides is 4. The number of aliphatic hydroxyl groups excluding tert-OH is 1. The summed E-state index contributed by atoms with van der Waals surface area (Å²) in [5.74, 6) is -4.11. The van der Waals surface area contributed by atoms with Gasteiger partial charge in [0.25, 0.3) is 0 Å². The van der Waals surface area contributed by atoms with Gasteiger partial charge in [0.2, 0.25) is 23.6 Å². The number of Topliss-reactive ketones (excluding diaryl/α,β-unsaturated/α-hetero) is 3. The molecule has 0 spiro atoms. The summed E-state index contributed by atoms with van der Waals surface area (Å²) in [6.45, 7) is 4.36. The molecule has 0 aliphatic carbocycles. The summed E-state index contributed by atoms with van der Waals surface area (Å²) in [6.07, 6.45) is 11.3. The maximum absolute atomic E-state index is 12.5. The fourth-order valence-corrected chi connectivity index (χ4v) is 7.48. The second kappa shape index (κ2) is 43.3. The number of carbonyl (C=O) groups is 9. The monoisotopic (exact) mass is 977 g/mol. The van der Waals surface area contributed by atoms with E-state index in [0.29, 0.717) is 25.0 Å². The first-order valence-electron chi connectivity index (χ1n) is 23.8. The van der Waals surface area contributed by atoms with Gasteiger partial charge >= 0.3 is 11.9 Å². The van der Waals surface area contributed by atoms with E-state index in [-0.39, 0.29) is 170 Å². The number of carboxylic acid groups (broad SMARTS) is 2. The number of ketones is 3. The van der Waals surface area contributed by atoms with Gasteiger partial charge in [-0.25, -0.2) is 4.79 Å². The largest absolute Gasteiger partial charge is 0.481 e. The van der Waals surface area contributed by atoms with Crippen LogP contribution in [-0.4, -0.2) is 165 Å². The molecule has 0 bridgehead atoms. The minimum atomic E-state index is -1.18. The number of aliphatic hydroxyl groups is 1. The van der Waals surface area contributed by atoms with Gasteiger partial charge in [-0.2, -0.15) is 11.8 Å². The van der Waals surface area contributed by atoms with Crippen LogP contribution in [0.4, 0.5) is 0 Å². The van der Waals surface area contributed by atoms with Crippen LogP contribution < -0.4 is 21.3 Å². The number of nitrogens with one attached hydrogen (secondary N) is 4. The second-order valence-electron chi connectivity index (χ2n) is 16.2. The van der Waals surface area contributed by atoms with Crippen LogP contribution >= 0.6 is 11.8 Å². The van der Waals surface area contributed by atoms with Crippen LogP contribution in [0.25, 0.3) is 0 Å². The van der Waals surface area contributed by atoms with Gasteiger partial charge < -0.3 is 55.5 Å². The molecular formula is C46H80N4O16S. The molecule has 7 N–H and O–H groups in total. The number of ether oxygens (including phenoxy) is 4. The number of rotatable bonds is 48. The summed E-state index contributed by atoms with van der Waals surface area (Å²) in [6, 6.07) is -1.13. The third-order valence-corrected chi connectivity index (χ3v) is 11.5. The quantitative estimate of drug-likeness (QED) is 0.0431. The molecule has 0 aliphatic rings. The summed E-state index contributed by atoms with van der Waals surface area (Å²) in [7, 11) is 0. The fraction of sp³-hybridized carbons (Fsp3) is 0.804. The van der Waals surface area contributed by atoms with Crippen LogP contribution in [0.15, 0.2) is 0 Å². The third kappa shape index (κ3) is 39.7. The molecule has 0 saturated carbocycles. The van der Waals surface area contributed by atoms with E-state index in [2.05, 4.69) is 21.3 Å². The first-order chi connectivity index (χ1) is 32.2. The highest BCUT2D eigenvalue weighted by Gasteiger charge is 2.24. The topological polar surface area (TPSA) is 299 Å². The Balaban J connectivity index is 3.74. The van der Waals surface area contributed by atoms with E-state index in [0.717, 1.165) is 57.8 Å². The van der Waals surface area contributed by atoms with E-state index in [4.69, 9.17) is 24.1 Å². The average Bonchev–Trinajstić information content (AvgIpc) is 3.28. The molecule has 0 aromatic rings. The number of hydrogen-bond donors (Lipinski definition) is 7. The van der Waals surface area contributed by atoms with Crippen LogP contribution in [0.3, 0.4) is 0 Å². The van der Waals surface area contributed by atoms with Crippen LogP contribution in [0, 0.1) is 11.8 Å². The molecule has 0 aromatic carbocycles. The standard InChI is InChI=1S/C46H80N4O16S/c1-3-36(40(54)29-37(30-51)35(2)52)33-67-34-44(58)48-21-20-47-42(56)31-66-28-26-64-24-22-49-43(57)32-65-27-25-63-23-14-15-38(53)18-19-39(46(61)62)50-41(55)16-12-10-8-6-4-5-7-9-11-13-17-45(59)60/h36-37,39,51H,3-34H2,1-2H3,(H,47,56)(H,48,58)(H,49,57)(H,50,55)(H,59,60)(H,61,62)/t36-,37-,39-/m0/s1. The zero-order chi connectivity index (χ0) is 49.9. The van der Waals surface area contributed by atoms with E-state index in [1.54, 1.807) is 0 Å². The van der Waals surface area contributed by atoms with Crippen LogP contribution in [0.5, 0.6) is 0 Å². The Kier molecular flexibility index (Phi) is 40.7. The molecule has 21 heteroatoms. The first-order valence-corrected chi connectivity index (χ1v) is 24.9. The van der Waals surface area contributed by atoms with Crippen molar-refractivity contribution < 1.29 is 77.4 Å². The van der Waals surface area contributed by atoms with E-state index in [1.807, 2.05) is 6.92 Å². The van der Waals surface area contributed by atoms with E-state index in [1.165, 1.54) is 18.7 Å². The predicted octanol–water partition coefficient (Wildman–Crippen LogP) is 2.78. The summed E-state index contributed by atoms with van der Waals surface area (Å²) >= 11 is 1.31. The Labute approximate surface area is 400 Å². The number of hydrogen-bond acceptors (Lipinski definition) is 15. The lowest BCUT2D eigenvalue weighted by Gasteiger charge is -2.16. The molecule has 20 nitrogen and oxygen atoms in total. The Bertz CT molecular complexity index is 1440. The molecule has 0 heterocycles. The van der Waals surface area contributed by atoms with E-state index >= 15 is 0 Å². The predicted molar refractivity (Wildman–Crippen MR) is 250 cm³/mol. The van der Waals surface area contributed by atoms with Crippen molar-refractivity contribution in [2.24, 2.45) is 11.8 Å². The molecule has 0 aliphatic heterocycles. The van der Waals surface area contributed by atoms with Gasteiger partial charge in [-0.3, -0.25) is 38.4 Å². The van der Waals surface area contributed by atoms with Gasteiger partial charge in [-0.1, -0.05) is 58.3 Å². The van der Waals surface area contributed by atoms with Crippen LogP contribution in [0.1, 0.15) is 129 Å². The van der Waals surface area contributed by atoms with E-state index < -0.39 is 23.9 Å². The fourth-order valence-electron chi connectivity index (χ4n) is 6.37. The molecule has 0 unspecified atom stereocenters. The van der Waals surface area contributed by atoms with Crippen LogP contribution in [-0.2, 0) is 62.1 Å². The molecule has 0 rings (SSSR count). The summed E-state index contributed by atoms with van der Waals surface area (Å²) < 4.78 is 21.4. The molecule has 0 saturated heterocycles. The molecule has 67 heavy (non-hydrogen) atoms. The highest BCUT2D eigenvalue weighted by Crippen LogP contribution is 2.18. The van der Waals surface area contributed by atoms with Crippen molar-refractivity contribution in [1.82, 2.24) is 21.3 Å². The van der Waals surface area contributed by atoms with Crippen molar-refractivity contribution in [3.05, 3.63) is 0 Å². The number of carbonyl (C=O) groups excluding carboxylic acids is 7. The number of aliphatic carboxylic acids is 2. The Morgan fingerprint density at radius 1 is 0.552 bits per heavy atom. The zero-order valence-corrected chi connectivity index (χ0v) is 40.7. The van der Waals surface area contributed by atoms with Gasteiger partial charge in [-0.05, 0) is 39.0 Å². The van der Waals surface area contributed by atoms with Crippen molar-refractivity contribution in [2.45, 2.75) is 135 Å². The van der Waals surface area contributed by atoms with Gasteiger partial charge in [0.15, 0.2) is 0 Å². The molecular weight excluding hydrogens is 897 g/mol. The Hall–Kier alpha value is -4.02. The Morgan fingerprint density at radius 2 is 1.07 bits per heavy atom. The number of thioether (sulfide) groups is 1. The van der Waals surface area contributed by atoms with Crippen molar-refractivity contribution in [3.8, 4) is 0 Å². The maximum atomic E-state index is 12.5. The van der Waals surface area contributed by atoms with Gasteiger partial charge in [0.1, 0.15) is 36.6 Å². The zero-order valence-electron chi connectivity index (χ0n) is 39.9. The second-order valence-corrected chi connectivity index (χ2v) is 17.3. The lowest BCUT2D eigenvalue weighted by atomic mass is 9.92. The van der Waals surface area contributed by atoms with Gasteiger partial charge in [0, 0.05) is 75.9 Å². The van der Waals surface area contributed by atoms with Gasteiger partial charge in [0.05, 0.1) is 45.4 Å². The summed E-state index contributed by atoms with van der Waals surface area (Å²) in [4.78, 5) is 107. The minimum absolute atomic E-state index is 0.00927. The molecule has 386 valence electrons. The van der Waals surface area contributed by atoms with Crippen molar-refractivity contribution in [2.75, 3.05) is 90.6 Å². The highest BCUT2D eigenvalue weighted by atomic mass is 32.2. The molecule has 0 aromatic heterocycles. The SMILES string of the molecule is CC[C@@H](CSCC(=O)NCCNC(=O)COCCOCCNC(=O)COCCOCCCC(=O)CC[C@H](NC(=O)CCCCCCCCCCCCC(=O)O)C(=O)O)C(=O)C[C@@H](CO)C(C)=O. The minimum Gasteiger partial charge on any atom is -0.481 e. The molecule has 3 atom stereocenters. The van der Waals surface area contributed by atoms with Crippen LogP contribution in [0.2, 0.25) is 0 Å². The molecule has 0 radical (unpaired) electrons. The number of carboxylic acids is 2. The maximum Gasteiger partial charge on any atom is 0.326 e.